The second-order valence-corrected chi connectivity index (χ2v) is 10.3. The summed E-state index contributed by atoms with van der Waals surface area (Å²) in [5.41, 5.74) is 0.956. The van der Waals surface area contributed by atoms with Crippen LogP contribution in [0.4, 0.5) is 0 Å². The van der Waals surface area contributed by atoms with Crippen molar-refractivity contribution in [2.45, 2.75) is 52.6 Å². The summed E-state index contributed by atoms with van der Waals surface area (Å²) < 4.78 is 6.20. The van der Waals surface area contributed by atoms with Gasteiger partial charge in [0, 0.05) is 24.6 Å². The number of hydrogen-bond acceptors (Lipinski definition) is 7. The number of allylic oxidation sites excluding steroid dienone is 2. The maximum atomic E-state index is 13.1. The molecule has 3 rings (SSSR count). The third-order valence-electron chi connectivity index (χ3n) is 5.22. The van der Waals surface area contributed by atoms with Gasteiger partial charge < -0.3 is 9.57 Å². The molecule has 2 atom stereocenters. The van der Waals surface area contributed by atoms with E-state index in [0.29, 0.717) is 46.6 Å². The molecule has 0 amide bonds. The summed E-state index contributed by atoms with van der Waals surface area (Å²) in [6.45, 7) is 3.57. The van der Waals surface area contributed by atoms with Crippen molar-refractivity contribution in [1.29, 1.82) is 0 Å². The molecule has 2 heterocycles. The molecule has 158 valence electrons. The summed E-state index contributed by atoms with van der Waals surface area (Å²) in [7, 11) is 0. The Morgan fingerprint density at radius 3 is 2.76 bits per heavy atom. The van der Waals surface area contributed by atoms with E-state index >= 15 is 0 Å². The van der Waals surface area contributed by atoms with Crippen molar-refractivity contribution in [2.75, 3.05) is 11.5 Å². The van der Waals surface area contributed by atoms with Crippen molar-refractivity contribution in [1.82, 2.24) is 0 Å². The number of carbonyl (C=O) groups is 2. The molecule has 1 saturated heterocycles. The lowest BCUT2D eigenvalue weighted by atomic mass is 9.77. The van der Waals surface area contributed by atoms with Gasteiger partial charge in [0.1, 0.15) is 5.76 Å². The smallest absolute Gasteiger partial charge is 0.307 e. The zero-order chi connectivity index (χ0) is 20.8. The predicted octanol–water partition coefficient (Wildman–Crippen LogP) is 5.62. The summed E-state index contributed by atoms with van der Waals surface area (Å²) in [4.78, 5) is 31.2. The molecule has 29 heavy (non-hydrogen) atoms. The average Bonchev–Trinajstić information content (AvgIpc) is 3.11. The fourth-order valence-electron chi connectivity index (χ4n) is 3.86. The van der Waals surface area contributed by atoms with Gasteiger partial charge in [0.15, 0.2) is 12.4 Å². The highest BCUT2D eigenvalue weighted by Gasteiger charge is 2.36. The van der Waals surface area contributed by atoms with Crippen molar-refractivity contribution < 1.29 is 19.2 Å². The summed E-state index contributed by atoms with van der Waals surface area (Å²) >= 11 is 9.32. The monoisotopic (exact) mass is 455 g/mol. The Morgan fingerprint density at radius 2 is 2.14 bits per heavy atom. The molecule has 0 spiro atoms. The minimum atomic E-state index is -0.409. The normalized spacial score (nSPS) is 23.3. The molecule has 0 radical (unpaired) electrons. The second kappa shape index (κ2) is 10.6. The Balaban J connectivity index is 1.80. The maximum absolute atomic E-state index is 13.1. The molecule has 1 aliphatic carbocycles. The summed E-state index contributed by atoms with van der Waals surface area (Å²) in [5.74, 6) is 3.02. The fourth-order valence-corrected chi connectivity index (χ4v) is 6.13. The van der Waals surface area contributed by atoms with Crippen LogP contribution in [0.1, 0.15) is 50.8 Å². The third kappa shape index (κ3) is 6.09. The quantitative estimate of drug-likeness (QED) is 0.303. The minimum absolute atomic E-state index is 0.00329. The van der Waals surface area contributed by atoms with Crippen molar-refractivity contribution in [3.05, 3.63) is 32.7 Å². The fraction of sp³-hybridized carbons (Fsp3) is 0.571. The maximum Gasteiger partial charge on any atom is 0.307 e. The zero-order valence-electron chi connectivity index (χ0n) is 16.7. The van der Waals surface area contributed by atoms with Gasteiger partial charge in [-0.05, 0) is 54.7 Å². The molecule has 1 aromatic heterocycles. The molecule has 0 aromatic carbocycles. The van der Waals surface area contributed by atoms with Gasteiger partial charge >= 0.3 is 5.97 Å². The highest BCUT2D eigenvalue weighted by Crippen LogP contribution is 2.39. The number of rotatable bonds is 7. The molecule has 8 heteroatoms. The molecule has 1 aromatic rings. The molecule has 2 unspecified atom stereocenters. The van der Waals surface area contributed by atoms with E-state index in [-0.39, 0.29) is 18.3 Å². The average molecular weight is 456 g/mol. The molecule has 1 aliphatic heterocycles. The molecule has 0 N–H and O–H groups in total. The van der Waals surface area contributed by atoms with Crippen LogP contribution in [0.25, 0.3) is 0 Å². The molecule has 5 nitrogen and oxygen atoms in total. The lowest BCUT2D eigenvalue weighted by Gasteiger charge is -2.33. The van der Waals surface area contributed by atoms with Crippen LogP contribution in [0.2, 0.25) is 4.34 Å². The molecular weight excluding hydrogens is 430 g/mol. The van der Waals surface area contributed by atoms with Gasteiger partial charge in [-0.1, -0.05) is 23.7 Å². The number of nitrogens with zero attached hydrogens (tertiary/aromatic N) is 1. The topological polar surface area (TPSA) is 65.0 Å². The minimum Gasteiger partial charge on any atom is -0.430 e. The van der Waals surface area contributed by atoms with Crippen LogP contribution in [0, 0.1) is 11.8 Å². The second-order valence-electron chi connectivity index (χ2n) is 7.33. The van der Waals surface area contributed by atoms with E-state index in [1.807, 2.05) is 30.8 Å². The van der Waals surface area contributed by atoms with Gasteiger partial charge in [0.2, 0.25) is 0 Å². The molecule has 1 fully saturated rings. The van der Waals surface area contributed by atoms with Crippen molar-refractivity contribution in [3.8, 4) is 0 Å². The lowest BCUT2D eigenvalue weighted by Crippen LogP contribution is -2.31. The number of halogens is 1. The van der Waals surface area contributed by atoms with Crippen LogP contribution in [0.5, 0.6) is 0 Å². The van der Waals surface area contributed by atoms with E-state index in [2.05, 4.69) is 5.16 Å². The van der Waals surface area contributed by atoms with E-state index in [1.165, 1.54) is 30.4 Å². The van der Waals surface area contributed by atoms with Gasteiger partial charge in [0.05, 0.1) is 15.6 Å². The molecule has 0 saturated carbocycles. The van der Waals surface area contributed by atoms with Crippen LogP contribution in [-0.4, -0.2) is 29.0 Å². The van der Waals surface area contributed by atoms with E-state index in [0.717, 1.165) is 17.1 Å². The van der Waals surface area contributed by atoms with Gasteiger partial charge in [-0.2, -0.15) is 11.8 Å². The van der Waals surface area contributed by atoms with Crippen molar-refractivity contribution >= 4 is 52.2 Å². The number of thioether (sulfide) groups is 1. The Labute approximate surface area is 184 Å². The molecule has 2 aliphatic rings. The van der Waals surface area contributed by atoms with Crippen molar-refractivity contribution in [2.24, 2.45) is 17.0 Å². The van der Waals surface area contributed by atoms with E-state index in [9.17, 15) is 9.59 Å². The standard InChI is InChI=1S/C21H26ClNO4S2/c1-3-17(23-26-11-16-6-7-20(22)29-16)21-18(25)9-15(10-19(21)27-13(2)24)14-5-4-8-28-12-14/h6-7,14-15H,3-5,8-12H2,1-2H3/b23-17-. The Morgan fingerprint density at radius 1 is 1.31 bits per heavy atom. The van der Waals surface area contributed by atoms with Crippen LogP contribution in [0.15, 0.2) is 28.6 Å². The van der Waals surface area contributed by atoms with Gasteiger partial charge in [-0.25, -0.2) is 0 Å². The number of thiophene rings is 1. The Hall–Kier alpha value is -1.31. The number of Topliss-reactive ketones (excluding diaryl/α,β-unsaturated/α-hetero) is 1. The number of ether oxygens (including phenoxy) is 1. The largest absolute Gasteiger partial charge is 0.430 e. The van der Waals surface area contributed by atoms with Gasteiger partial charge in [-0.3, -0.25) is 9.59 Å². The molecule has 0 bridgehead atoms. The summed E-state index contributed by atoms with van der Waals surface area (Å²) in [6, 6.07) is 3.70. The van der Waals surface area contributed by atoms with Crippen molar-refractivity contribution in [3.63, 3.8) is 0 Å². The Bertz CT molecular complexity index is 811. The predicted molar refractivity (Wildman–Crippen MR) is 118 cm³/mol. The first-order valence-corrected chi connectivity index (χ1v) is 12.3. The highest BCUT2D eigenvalue weighted by atomic mass is 35.5. The van der Waals surface area contributed by atoms with Crippen LogP contribution in [-0.2, 0) is 25.8 Å². The first kappa shape index (κ1) is 22.4. The van der Waals surface area contributed by atoms with Crippen LogP contribution >= 0.6 is 34.7 Å². The molecular formula is C21H26ClNO4S2. The number of hydrogen-bond donors (Lipinski definition) is 0. The summed E-state index contributed by atoms with van der Waals surface area (Å²) in [6.07, 6.45) is 3.91. The Kier molecular flexibility index (Phi) is 8.21. The number of carbonyl (C=O) groups excluding carboxylic acids is 2. The number of esters is 1. The SMILES string of the molecule is CC/C(=N/OCc1ccc(Cl)s1)C1=C(OC(C)=O)CC(C2CCCSC2)CC1=O. The zero-order valence-corrected chi connectivity index (χ0v) is 19.1. The van der Waals surface area contributed by atoms with E-state index in [4.69, 9.17) is 21.2 Å². The highest BCUT2D eigenvalue weighted by molar-refractivity contribution is 7.99. The first-order chi connectivity index (χ1) is 14.0. The third-order valence-corrected chi connectivity index (χ3v) is 7.66. The van der Waals surface area contributed by atoms with Crippen LogP contribution < -0.4 is 0 Å². The van der Waals surface area contributed by atoms with E-state index < -0.39 is 5.97 Å². The number of oxime groups is 1. The lowest BCUT2D eigenvalue weighted by molar-refractivity contribution is -0.137. The summed E-state index contributed by atoms with van der Waals surface area (Å²) in [5, 5.41) is 4.22. The van der Waals surface area contributed by atoms with E-state index in [1.54, 1.807) is 0 Å². The van der Waals surface area contributed by atoms with Gasteiger partial charge in [-0.15, -0.1) is 11.3 Å². The van der Waals surface area contributed by atoms with Gasteiger partial charge in [0.25, 0.3) is 0 Å². The first-order valence-electron chi connectivity index (χ1n) is 9.93. The number of ketones is 1. The van der Waals surface area contributed by atoms with Crippen LogP contribution in [0.3, 0.4) is 0 Å².